The molecule has 1 rings (SSSR count). The summed E-state index contributed by atoms with van der Waals surface area (Å²) in [6.45, 7) is 4.30. The molecule has 0 aromatic rings. The number of unbranched alkanes of at least 4 members (excludes halogenated alkanes) is 35. The minimum Gasteiger partial charge on any atom is -0.466 e. The Hall–Kier alpha value is -2.12. The molecule has 1 heterocycles. The van der Waals surface area contributed by atoms with E-state index >= 15 is 0 Å². The van der Waals surface area contributed by atoms with Crippen molar-refractivity contribution in [2.45, 2.75) is 326 Å². The summed E-state index contributed by atoms with van der Waals surface area (Å²) in [6, 6.07) is -0.817. The Bertz CT molecular complexity index is 1310. The molecule has 11 heteroatoms. The predicted octanol–water partition coefficient (Wildman–Crippen LogP) is 14.3. The van der Waals surface area contributed by atoms with E-state index in [0.29, 0.717) is 19.4 Å². The summed E-state index contributed by atoms with van der Waals surface area (Å²) in [5.41, 5.74) is 0. The fourth-order valence-electron chi connectivity index (χ4n) is 9.53. The van der Waals surface area contributed by atoms with Crippen LogP contribution in [0.1, 0.15) is 284 Å². The molecule has 1 fully saturated rings. The minimum absolute atomic E-state index is 0.0189. The Morgan fingerprint density at radius 3 is 1.36 bits per heavy atom. The molecule has 6 N–H and O–H groups in total. The highest BCUT2D eigenvalue weighted by atomic mass is 16.7. The van der Waals surface area contributed by atoms with Crippen LogP contribution in [0.25, 0.3) is 0 Å². The second-order valence-corrected chi connectivity index (χ2v) is 21.4. The highest BCUT2D eigenvalue weighted by Crippen LogP contribution is 2.23. The van der Waals surface area contributed by atoms with Crippen molar-refractivity contribution in [3.05, 3.63) is 36.5 Å². The zero-order chi connectivity index (χ0) is 53.1. The normalized spacial score (nSPS) is 19.1. The van der Waals surface area contributed by atoms with Gasteiger partial charge in [0.1, 0.15) is 24.4 Å². The van der Waals surface area contributed by atoms with Gasteiger partial charge in [-0.3, -0.25) is 9.59 Å². The Kier molecular flexibility index (Phi) is 49.0. The predicted molar refractivity (Wildman–Crippen MR) is 301 cm³/mol. The van der Waals surface area contributed by atoms with Crippen LogP contribution in [-0.4, -0.2) is 100 Å². The largest absolute Gasteiger partial charge is 0.466 e. The maximum absolute atomic E-state index is 13.0. The number of esters is 1. The summed E-state index contributed by atoms with van der Waals surface area (Å²) in [5.74, 6) is -0.209. The Balaban J connectivity index is 2.10. The summed E-state index contributed by atoms with van der Waals surface area (Å²) in [6.07, 6.45) is 53.7. The number of hydrogen-bond acceptors (Lipinski definition) is 10. The van der Waals surface area contributed by atoms with Gasteiger partial charge in [0.15, 0.2) is 6.29 Å². The van der Waals surface area contributed by atoms with Crippen molar-refractivity contribution in [3.8, 4) is 0 Å². The number of rotatable bonds is 53. The molecule has 0 radical (unpaired) electrons. The van der Waals surface area contributed by atoms with Gasteiger partial charge in [-0.2, -0.15) is 0 Å². The van der Waals surface area contributed by atoms with Gasteiger partial charge in [-0.15, -0.1) is 0 Å². The number of aliphatic hydroxyl groups is 5. The quantitative estimate of drug-likeness (QED) is 0.0195. The number of carbonyl (C=O) groups is 2. The molecule has 0 aromatic carbocycles. The number of amides is 1. The Labute approximate surface area is 447 Å². The van der Waals surface area contributed by atoms with Gasteiger partial charge in [-0.1, -0.05) is 230 Å². The van der Waals surface area contributed by atoms with Crippen molar-refractivity contribution < 1.29 is 49.3 Å². The SMILES string of the molecule is CCCC/C=C\CCCCCCCC(=O)OCCCCCCCCCCC/C=C\CCCCCCCCCC(=O)NC(COC1OC(CO)C(O)C(O)C1O)C(O)/C=C/CCCCCCCCCCCCCC. The van der Waals surface area contributed by atoms with Crippen molar-refractivity contribution in [1.82, 2.24) is 5.32 Å². The van der Waals surface area contributed by atoms with Gasteiger partial charge in [0.05, 0.1) is 32.0 Å². The fraction of sp³-hybridized carbons (Fsp3) is 0.871. The maximum Gasteiger partial charge on any atom is 0.305 e. The van der Waals surface area contributed by atoms with Crippen LogP contribution in [0.5, 0.6) is 0 Å². The van der Waals surface area contributed by atoms with Gasteiger partial charge in [0.2, 0.25) is 5.91 Å². The van der Waals surface area contributed by atoms with Crippen LogP contribution in [0.4, 0.5) is 0 Å². The molecule has 7 unspecified atom stereocenters. The first-order chi connectivity index (χ1) is 35.7. The van der Waals surface area contributed by atoms with Crippen molar-refractivity contribution in [2.24, 2.45) is 0 Å². The molecule has 428 valence electrons. The molecule has 0 spiro atoms. The van der Waals surface area contributed by atoms with Gasteiger partial charge >= 0.3 is 5.97 Å². The second-order valence-electron chi connectivity index (χ2n) is 21.4. The van der Waals surface area contributed by atoms with E-state index in [1.54, 1.807) is 6.08 Å². The van der Waals surface area contributed by atoms with E-state index in [1.165, 1.54) is 180 Å². The molecule has 7 atom stereocenters. The molecule has 11 nitrogen and oxygen atoms in total. The smallest absolute Gasteiger partial charge is 0.305 e. The lowest BCUT2D eigenvalue weighted by atomic mass is 9.99. The third-order valence-corrected chi connectivity index (χ3v) is 14.5. The lowest BCUT2D eigenvalue weighted by Gasteiger charge is -2.40. The molecular weight excluding hydrogens is 919 g/mol. The molecule has 1 aliphatic rings. The lowest BCUT2D eigenvalue weighted by Crippen LogP contribution is -2.60. The second kappa shape index (κ2) is 52.0. The van der Waals surface area contributed by atoms with Crippen LogP contribution in [0.3, 0.4) is 0 Å². The number of aliphatic hydroxyl groups excluding tert-OH is 5. The minimum atomic E-state index is -1.57. The van der Waals surface area contributed by atoms with Crippen LogP contribution in [0.2, 0.25) is 0 Å². The summed E-state index contributed by atoms with van der Waals surface area (Å²) >= 11 is 0. The number of hydrogen-bond donors (Lipinski definition) is 6. The van der Waals surface area contributed by atoms with E-state index in [4.69, 9.17) is 14.2 Å². The first-order valence-electron chi connectivity index (χ1n) is 30.8. The number of ether oxygens (including phenoxy) is 3. The van der Waals surface area contributed by atoms with E-state index < -0.39 is 49.5 Å². The van der Waals surface area contributed by atoms with E-state index in [2.05, 4.69) is 43.5 Å². The molecule has 0 saturated carbocycles. The van der Waals surface area contributed by atoms with E-state index in [9.17, 15) is 35.1 Å². The highest BCUT2D eigenvalue weighted by molar-refractivity contribution is 5.76. The zero-order valence-corrected chi connectivity index (χ0v) is 47.1. The van der Waals surface area contributed by atoms with Gasteiger partial charge in [0, 0.05) is 12.8 Å². The Morgan fingerprint density at radius 2 is 0.890 bits per heavy atom. The molecule has 73 heavy (non-hydrogen) atoms. The van der Waals surface area contributed by atoms with Crippen molar-refractivity contribution in [3.63, 3.8) is 0 Å². The monoisotopic (exact) mass is 1030 g/mol. The summed E-state index contributed by atoms with van der Waals surface area (Å²) in [5, 5.41) is 54.4. The highest BCUT2D eigenvalue weighted by Gasteiger charge is 2.44. The van der Waals surface area contributed by atoms with Gasteiger partial charge in [0.25, 0.3) is 0 Å². The molecule has 1 aliphatic heterocycles. The van der Waals surface area contributed by atoms with Crippen molar-refractivity contribution in [1.29, 1.82) is 0 Å². The third kappa shape index (κ3) is 41.7. The molecule has 0 aromatic heterocycles. The van der Waals surface area contributed by atoms with E-state index in [1.807, 2.05) is 6.08 Å². The third-order valence-electron chi connectivity index (χ3n) is 14.5. The average molecular weight is 1030 g/mol. The number of nitrogens with one attached hydrogen (secondary N) is 1. The molecule has 0 aliphatic carbocycles. The summed E-state index contributed by atoms with van der Waals surface area (Å²) < 4.78 is 16.7. The van der Waals surface area contributed by atoms with Gasteiger partial charge < -0.3 is 45.1 Å². The first kappa shape index (κ1) is 68.9. The molecule has 1 amide bonds. The van der Waals surface area contributed by atoms with Crippen LogP contribution >= 0.6 is 0 Å². The average Bonchev–Trinajstić information content (AvgIpc) is 3.39. The number of allylic oxidation sites excluding steroid dienone is 5. The fourth-order valence-corrected chi connectivity index (χ4v) is 9.53. The first-order valence-corrected chi connectivity index (χ1v) is 30.8. The summed E-state index contributed by atoms with van der Waals surface area (Å²) in [7, 11) is 0. The molecule has 0 bridgehead atoms. The van der Waals surface area contributed by atoms with Crippen LogP contribution < -0.4 is 5.32 Å². The van der Waals surface area contributed by atoms with Gasteiger partial charge in [-0.25, -0.2) is 0 Å². The van der Waals surface area contributed by atoms with Crippen molar-refractivity contribution in [2.75, 3.05) is 19.8 Å². The molecular formula is C62H115NO10. The van der Waals surface area contributed by atoms with Crippen LogP contribution in [0, 0.1) is 0 Å². The van der Waals surface area contributed by atoms with Crippen LogP contribution in [0.15, 0.2) is 36.5 Å². The van der Waals surface area contributed by atoms with E-state index in [-0.39, 0.29) is 18.5 Å². The van der Waals surface area contributed by atoms with Crippen molar-refractivity contribution >= 4 is 11.9 Å². The lowest BCUT2D eigenvalue weighted by molar-refractivity contribution is -0.302. The van der Waals surface area contributed by atoms with Crippen LogP contribution in [-0.2, 0) is 23.8 Å². The Morgan fingerprint density at radius 1 is 0.493 bits per heavy atom. The summed E-state index contributed by atoms with van der Waals surface area (Å²) in [4.78, 5) is 25.1. The number of carbonyl (C=O) groups excluding carboxylic acids is 2. The standard InChI is InChI=1S/C62H115NO10/c1-3-5-7-9-11-13-15-16-25-29-32-36-40-44-48-55(65)54(53-72-62-61(70)60(69)59(68)56(52-64)73-62)63-57(66)49-45-41-37-33-30-26-23-21-19-17-18-20-22-24-27-31-35-39-43-47-51-71-58(67)50-46-42-38-34-28-14-12-10-8-6-4-2/h10,12,17,19,44,48,54-56,59-62,64-65,68-70H,3-9,11,13-16,18,20-43,45-47,49-53H2,1-2H3,(H,63,66)/b12-10-,19-17-,48-44+. The van der Waals surface area contributed by atoms with E-state index in [0.717, 1.165) is 77.0 Å². The zero-order valence-electron chi connectivity index (χ0n) is 47.1. The topological polar surface area (TPSA) is 175 Å². The van der Waals surface area contributed by atoms with Gasteiger partial charge in [-0.05, 0) is 77.0 Å². The molecule has 1 saturated heterocycles. The maximum atomic E-state index is 13.0.